The molecule has 0 spiro atoms. The summed E-state index contributed by atoms with van der Waals surface area (Å²) in [5.74, 6) is -0.493. The van der Waals surface area contributed by atoms with Crippen LogP contribution in [0.25, 0.3) is 0 Å². The lowest BCUT2D eigenvalue weighted by molar-refractivity contribution is 0.102. The van der Waals surface area contributed by atoms with Crippen LogP contribution in [0.3, 0.4) is 0 Å². The highest BCUT2D eigenvalue weighted by molar-refractivity contribution is 6.02. The zero-order chi connectivity index (χ0) is 13.7. The van der Waals surface area contributed by atoms with Crippen molar-refractivity contribution in [2.24, 2.45) is 0 Å². The highest BCUT2D eigenvalue weighted by atomic mass is 19.1. The van der Waals surface area contributed by atoms with Gasteiger partial charge in [0.05, 0.1) is 18.1 Å². The summed E-state index contributed by atoms with van der Waals surface area (Å²) in [6.45, 7) is 2.58. The van der Waals surface area contributed by atoms with E-state index in [-0.39, 0.29) is 11.4 Å². The minimum atomic E-state index is -0.502. The van der Waals surface area contributed by atoms with Crippen molar-refractivity contribution in [3.05, 3.63) is 48.2 Å². The molecule has 1 aromatic carbocycles. The number of amides is 1. The number of benzene rings is 1. The van der Waals surface area contributed by atoms with E-state index < -0.39 is 11.7 Å². The second kappa shape index (κ2) is 5.90. The highest BCUT2D eigenvalue weighted by Crippen LogP contribution is 2.13. The first kappa shape index (κ1) is 12.9. The van der Waals surface area contributed by atoms with Gasteiger partial charge < -0.3 is 10.6 Å². The van der Waals surface area contributed by atoms with Gasteiger partial charge in [0.1, 0.15) is 17.3 Å². The Bertz CT molecular complexity index is 588. The monoisotopic (exact) mass is 260 g/mol. The maximum Gasteiger partial charge on any atom is 0.276 e. The molecule has 0 aliphatic heterocycles. The van der Waals surface area contributed by atoms with Gasteiger partial charge in [-0.05, 0) is 19.1 Å². The number of nitrogens with zero attached hydrogens (tertiary/aromatic N) is 2. The molecule has 98 valence electrons. The minimum Gasteiger partial charge on any atom is -0.369 e. The molecule has 2 rings (SSSR count). The SMILES string of the molecule is CCNc1cncc(C(=O)Nc2ccccc2F)n1. The van der Waals surface area contributed by atoms with Crippen molar-refractivity contribution in [1.82, 2.24) is 9.97 Å². The summed E-state index contributed by atoms with van der Waals surface area (Å²) >= 11 is 0. The number of nitrogens with one attached hydrogen (secondary N) is 2. The van der Waals surface area contributed by atoms with Gasteiger partial charge in [-0.25, -0.2) is 9.37 Å². The van der Waals surface area contributed by atoms with Crippen molar-refractivity contribution in [1.29, 1.82) is 0 Å². The molecule has 1 heterocycles. The molecule has 0 saturated heterocycles. The van der Waals surface area contributed by atoms with Gasteiger partial charge in [0.2, 0.25) is 0 Å². The molecule has 0 bridgehead atoms. The third kappa shape index (κ3) is 3.25. The van der Waals surface area contributed by atoms with E-state index in [4.69, 9.17) is 0 Å². The maximum absolute atomic E-state index is 13.4. The minimum absolute atomic E-state index is 0.114. The molecule has 2 N–H and O–H groups in total. The van der Waals surface area contributed by atoms with E-state index in [1.165, 1.54) is 24.5 Å². The standard InChI is InChI=1S/C13H13FN4O/c1-2-16-12-8-15-7-11(17-12)13(19)18-10-6-4-3-5-9(10)14/h3-8H,2H2,1H3,(H,16,17)(H,18,19). The molecule has 6 heteroatoms. The highest BCUT2D eigenvalue weighted by Gasteiger charge is 2.11. The van der Waals surface area contributed by atoms with E-state index in [9.17, 15) is 9.18 Å². The van der Waals surface area contributed by atoms with Gasteiger partial charge in [-0.1, -0.05) is 12.1 Å². The molecule has 1 amide bonds. The number of carbonyl (C=O) groups excluding carboxylic acids is 1. The second-order valence-electron chi connectivity index (χ2n) is 3.75. The zero-order valence-corrected chi connectivity index (χ0v) is 10.4. The number of anilines is 2. The number of halogens is 1. The summed E-state index contributed by atoms with van der Waals surface area (Å²) in [6.07, 6.45) is 2.85. The predicted molar refractivity (Wildman–Crippen MR) is 70.5 cm³/mol. The Morgan fingerprint density at radius 2 is 2.11 bits per heavy atom. The number of para-hydroxylation sites is 1. The van der Waals surface area contributed by atoms with Crippen molar-refractivity contribution in [3.8, 4) is 0 Å². The van der Waals surface area contributed by atoms with Crippen LogP contribution >= 0.6 is 0 Å². The van der Waals surface area contributed by atoms with E-state index in [1.807, 2.05) is 6.92 Å². The second-order valence-corrected chi connectivity index (χ2v) is 3.75. The fourth-order valence-corrected chi connectivity index (χ4v) is 1.49. The van der Waals surface area contributed by atoms with Crippen LogP contribution in [0.2, 0.25) is 0 Å². The number of hydrogen-bond donors (Lipinski definition) is 2. The van der Waals surface area contributed by atoms with E-state index in [0.717, 1.165) is 0 Å². The van der Waals surface area contributed by atoms with Crippen LogP contribution in [0, 0.1) is 5.82 Å². The van der Waals surface area contributed by atoms with Crippen molar-refractivity contribution in [3.63, 3.8) is 0 Å². The number of aromatic nitrogens is 2. The lowest BCUT2D eigenvalue weighted by Gasteiger charge is -2.07. The largest absolute Gasteiger partial charge is 0.369 e. The molecule has 0 fully saturated rings. The molecule has 0 unspecified atom stereocenters. The van der Waals surface area contributed by atoms with Crippen LogP contribution in [0.15, 0.2) is 36.7 Å². The summed E-state index contributed by atoms with van der Waals surface area (Å²) in [6, 6.07) is 5.95. The van der Waals surface area contributed by atoms with Gasteiger partial charge in [-0.15, -0.1) is 0 Å². The fourth-order valence-electron chi connectivity index (χ4n) is 1.49. The zero-order valence-electron chi connectivity index (χ0n) is 10.4. The molecule has 2 aromatic rings. The Morgan fingerprint density at radius 1 is 1.32 bits per heavy atom. The molecule has 0 atom stereocenters. The normalized spacial score (nSPS) is 10.0. The van der Waals surface area contributed by atoms with Crippen LogP contribution < -0.4 is 10.6 Å². The van der Waals surface area contributed by atoms with Gasteiger partial charge in [0, 0.05) is 6.54 Å². The third-order valence-corrected chi connectivity index (χ3v) is 2.35. The molecule has 0 saturated carbocycles. The molecule has 1 aromatic heterocycles. The topological polar surface area (TPSA) is 66.9 Å². The van der Waals surface area contributed by atoms with Crippen LogP contribution in [0.5, 0.6) is 0 Å². The summed E-state index contributed by atoms with van der Waals surface area (Å²) in [5, 5.41) is 5.40. The number of carbonyl (C=O) groups is 1. The summed E-state index contributed by atoms with van der Waals surface area (Å²) in [5.41, 5.74) is 0.241. The molecule has 19 heavy (non-hydrogen) atoms. The lowest BCUT2D eigenvalue weighted by Crippen LogP contribution is -2.16. The molecule has 0 radical (unpaired) electrons. The van der Waals surface area contributed by atoms with E-state index >= 15 is 0 Å². The van der Waals surface area contributed by atoms with Crippen molar-refractivity contribution in [2.45, 2.75) is 6.92 Å². The van der Waals surface area contributed by atoms with Gasteiger partial charge >= 0.3 is 0 Å². The van der Waals surface area contributed by atoms with Crippen LogP contribution in [-0.2, 0) is 0 Å². The predicted octanol–water partition coefficient (Wildman–Crippen LogP) is 2.30. The first-order valence-corrected chi connectivity index (χ1v) is 5.82. The Morgan fingerprint density at radius 3 is 2.84 bits per heavy atom. The maximum atomic E-state index is 13.4. The lowest BCUT2D eigenvalue weighted by atomic mass is 10.3. The van der Waals surface area contributed by atoms with Crippen molar-refractivity contribution in [2.75, 3.05) is 17.2 Å². The van der Waals surface area contributed by atoms with Crippen LogP contribution in [0.1, 0.15) is 17.4 Å². The van der Waals surface area contributed by atoms with Crippen molar-refractivity contribution >= 4 is 17.4 Å². The first-order valence-electron chi connectivity index (χ1n) is 5.82. The average Bonchev–Trinajstić information content (AvgIpc) is 2.42. The van der Waals surface area contributed by atoms with Crippen LogP contribution in [-0.4, -0.2) is 22.4 Å². The van der Waals surface area contributed by atoms with Gasteiger partial charge in [0.25, 0.3) is 5.91 Å². The molecule has 5 nitrogen and oxygen atoms in total. The fraction of sp³-hybridized carbons (Fsp3) is 0.154. The quantitative estimate of drug-likeness (QED) is 0.885. The molecular formula is C13H13FN4O. The Balaban J connectivity index is 2.16. The van der Waals surface area contributed by atoms with E-state index in [2.05, 4.69) is 20.6 Å². The summed E-state index contributed by atoms with van der Waals surface area (Å²) < 4.78 is 13.4. The Hall–Kier alpha value is -2.50. The van der Waals surface area contributed by atoms with Gasteiger partial charge in [0.15, 0.2) is 0 Å². The van der Waals surface area contributed by atoms with Gasteiger partial charge in [-0.3, -0.25) is 9.78 Å². The van der Waals surface area contributed by atoms with Crippen LogP contribution in [0.4, 0.5) is 15.9 Å². The summed E-state index contributed by atoms with van der Waals surface area (Å²) in [7, 11) is 0. The van der Waals surface area contributed by atoms with E-state index in [0.29, 0.717) is 12.4 Å². The first-order chi connectivity index (χ1) is 9.20. The third-order valence-electron chi connectivity index (χ3n) is 2.35. The Kier molecular flexibility index (Phi) is 4.02. The van der Waals surface area contributed by atoms with Crippen molar-refractivity contribution < 1.29 is 9.18 Å². The molecule has 0 aliphatic rings. The summed E-state index contributed by atoms with van der Waals surface area (Å²) in [4.78, 5) is 19.9. The molecule has 0 aliphatic carbocycles. The number of hydrogen-bond acceptors (Lipinski definition) is 4. The average molecular weight is 260 g/mol. The Labute approximate surface area is 109 Å². The number of rotatable bonds is 4. The molecular weight excluding hydrogens is 247 g/mol. The van der Waals surface area contributed by atoms with Gasteiger partial charge in [-0.2, -0.15) is 0 Å². The smallest absolute Gasteiger partial charge is 0.276 e. The van der Waals surface area contributed by atoms with E-state index in [1.54, 1.807) is 12.1 Å².